The number of hydrogen-bond acceptors (Lipinski definition) is 11. The molecule has 0 bridgehead atoms. The van der Waals surface area contributed by atoms with Gasteiger partial charge in [0.15, 0.2) is 0 Å². The van der Waals surface area contributed by atoms with E-state index in [1.54, 1.807) is 0 Å². The fourth-order valence-electron chi connectivity index (χ4n) is 3.14. The Morgan fingerprint density at radius 3 is 1.54 bits per heavy atom. The number of amides is 2. The number of rotatable bonds is 13. The number of carboxylic acids is 1. The van der Waals surface area contributed by atoms with Gasteiger partial charge in [-0.15, -0.1) is 0 Å². The van der Waals surface area contributed by atoms with Crippen molar-refractivity contribution in [1.29, 1.82) is 0 Å². The zero-order valence-corrected chi connectivity index (χ0v) is 20.7. The second kappa shape index (κ2) is 14.8. The molecule has 0 saturated carbocycles. The number of esters is 4. The monoisotopic (exact) mass is 524 g/mol. The molecule has 202 valence electrons. The van der Waals surface area contributed by atoms with Gasteiger partial charge in [0.25, 0.3) is 11.8 Å². The van der Waals surface area contributed by atoms with Crippen molar-refractivity contribution >= 4 is 41.7 Å². The second-order valence-corrected chi connectivity index (χ2v) is 7.36. The molecule has 3 N–H and O–H groups in total. The van der Waals surface area contributed by atoms with Gasteiger partial charge >= 0.3 is 29.8 Å². The topological polar surface area (TPSA) is 201 Å². The Balaban J connectivity index is 3.36. The Labute approximate surface area is 211 Å². The molecule has 0 aromatic heterocycles. The van der Waals surface area contributed by atoms with Crippen LogP contribution in [0.4, 0.5) is 0 Å². The molecule has 0 radical (unpaired) electrons. The molecule has 1 aromatic carbocycles. The van der Waals surface area contributed by atoms with E-state index in [0.29, 0.717) is 0 Å². The molecule has 0 saturated heterocycles. The maximum Gasteiger partial charge on any atom is 0.336 e. The molecule has 0 heterocycles. The Morgan fingerprint density at radius 2 is 1.14 bits per heavy atom. The molecular weight excluding hydrogens is 496 g/mol. The fraction of sp³-hybridized carbons (Fsp3) is 0.435. The quantitative estimate of drug-likeness (QED) is 0.228. The number of nitrogens with one attached hydrogen (secondary N) is 2. The van der Waals surface area contributed by atoms with Crippen molar-refractivity contribution in [2.45, 2.75) is 37.8 Å². The predicted octanol–water partition coefficient (Wildman–Crippen LogP) is -0.166. The SMILES string of the molecule is COC(=O)CCC(NC(=O)c1cccc(C(=O)O)c1C(=O)NC(CCC(=O)OC)C(=O)OC)C(=O)OC. The van der Waals surface area contributed by atoms with Gasteiger partial charge in [-0.1, -0.05) is 6.07 Å². The summed E-state index contributed by atoms with van der Waals surface area (Å²) in [5.74, 6) is -6.87. The summed E-state index contributed by atoms with van der Waals surface area (Å²) in [6.07, 6.45) is -0.964. The summed E-state index contributed by atoms with van der Waals surface area (Å²) in [5, 5.41) is 14.2. The molecular formula is C23H28N2O12. The molecule has 2 atom stereocenters. The number of hydrogen-bond donors (Lipinski definition) is 3. The molecule has 2 amide bonds. The number of methoxy groups -OCH3 is 4. The number of benzene rings is 1. The van der Waals surface area contributed by atoms with E-state index in [4.69, 9.17) is 0 Å². The summed E-state index contributed by atoms with van der Waals surface area (Å²) in [7, 11) is 4.38. The lowest BCUT2D eigenvalue weighted by Crippen LogP contribution is -2.45. The molecule has 1 rings (SSSR count). The molecule has 0 fully saturated rings. The average Bonchev–Trinajstić information content (AvgIpc) is 2.90. The Hall–Kier alpha value is -4.49. The summed E-state index contributed by atoms with van der Waals surface area (Å²) >= 11 is 0. The van der Waals surface area contributed by atoms with E-state index in [0.717, 1.165) is 40.6 Å². The van der Waals surface area contributed by atoms with Gasteiger partial charge < -0.3 is 34.7 Å². The van der Waals surface area contributed by atoms with Crippen molar-refractivity contribution in [3.05, 3.63) is 34.9 Å². The molecule has 14 nitrogen and oxygen atoms in total. The third-order valence-corrected chi connectivity index (χ3v) is 5.08. The van der Waals surface area contributed by atoms with E-state index in [2.05, 4.69) is 29.6 Å². The molecule has 0 spiro atoms. The minimum atomic E-state index is -1.56. The molecule has 14 heteroatoms. The zero-order valence-electron chi connectivity index (χ0n) is 20.7. The third-order valence-electron chi connectivity index (χ3n) is 5.08. The van der Waals surface area contributed by atoms with Crippen molar-refractivity contribution in [3.8, 4) is 0 Å². The highest BCUT2D eigenvalue weighted by Crippen LogP contribution is 2.18. The van der Waals surface area contributed by atoms with E-state index in [9.17, 15) is 38.7 Å². The number of aromatic carboxylic acids is 1. The van der Waals surface area contributed by atoms with Gasteiger partial charge in [0, 0.05) is 12.8 Å². The van der Waals surface area contributed by atoms with Crippen molar-refractivity contribution < 1.29 is 57.6 Å². The number of carbonyl (C=O) groups is 7. The van der Waals surface area contributed by atoms with E-state index in [1.165, 1.54) is 6.07 Å². The van der Waals surface area contributed by atoms with Gasteiger partial charge in [0.05, 0.1) is 45.1 Å². The van der Waals surface area contributed by atoms with Crippen LogP contribution >= 0.6 is 0 Å². The smallest absolute Gasteiger partial charge is 0.336 e. The Morgan fingerprint density at radius 1 is 0.703 bits per heavy atom. The van der Waals surface area contributed by atoms with Crippen LogP contribution in [-0.4, -0.2) is 87.3 Å². The van der Waals surface area contributed by atoms with Crippen LogP contribution in [0, 0.1) is 0 Å². The summed E-state index contributed by atoms with van der Waals surface area (Å²) < 4.78 is 18.3. The lowest BCUT2D eigenvalue weighted by Gasteiger charge is -2.20. The highest BCUT2D eigenvalue weighted by Gasteiger charge is 2.31. The van der Waals surface area contributed by atoms with Gasteiger partial charge in [0.2, 0.25) is 0 Å². The van der Waals surface area contributed by atoms with Crippen molar-refractivity contribution in [2.24, 2.45) is 0 Å². The predicted molar refractivity (Wildman–Crippen MR) is 122 cm³/mol. The molecule has 0 aliphatic heterocycles. The summed E-state index contributed by atoms with van der Waals surface area (Å²) in [5.41, 5.74) is -1.64. The third kappa shape index (κ3) is 8.91. The van der Waals surface area contributed by atoms with Gasteiger partial charge in [-0.05, 0) is 25.0 Å². The first kappa shape index (κ1) is 30.5. The number of ether oxygens (including phenoxy) is 4. The highest BCUT2D eigenvalue weighted by atomic mass is 16.5. The first-order valence-corrected chi connectivity index (χ1v) is 10.8. The van der Waals surface area contributed by atoms with E-state index in [1.807, 2.05) is 0 Å². The lowest BCUT2D eigenvalue weighted by atomic mass is 9.98. The van der Waals surface area contributed by atoms with E-state index in [-0.39, 0.29) is 25.7 Å². The van der Waals surface area contributed by atoms with Crippen LogP contribution in [0.15, 0.2) is 18.2 Å². The van der Waals surface area contributed by atoms with Crippen molar-refractivity contribution in [3.63, 3.8) is 0 Å². The molecule has 1 aromatic rings. The van der Waals surface area contributed by atoms with Crippen LogP contribution in [0.3, 0.4) is 0 Å². The van der Waals surface area contributed by atoms with E-state index >= 15 is 0 Å². The fourth-order valence-corrected chi connectivity index (χ4v) is 3.14. The minimum absolute atomic E-state index is 0.205. The molecule has 37 heavy (non-hydrogen) atoms. The first-order valence-electron chi connectivity index (χ1n) is 10.8. The van der Waals surface area contributed by atoms with Crippen LogP contribution in [0.2, 0.25) is 0 Å². The Bertz CT molecular complexity index is 1050. The Kier molecular flexibility index (Phi) is 12.2. The standard InChI is InChI=1S/C23H28N2O12/c1-34-16(26)10-8-14(22(32)36-3)24-19(28)12-6-5-7-13(21(30)31)18(12)20(29)25-15(23(33)37-4)9-11-17(27)35-2/h5-7,14-15H,8-11H2,1-4H3,(H,24,28)(H,25,29)(H,30,31). The highest BCUT2D eigenvalue weighted by molar-refractivity contribution is 6.13. The van der Waals surface area contributed by atoms with Crippen molar-refractivity contribution in [1.82, 2.24) is 10.6 Å². The molecule has 0 aliphatic rings. The number of carboxylic acid groups (broad SMARTS) is 1. The van der Waals surface area contributed by atoms with E-state index < -0.39 is 70.4 Å². The second-order valence-electron chi connectivity index (χ2n) is 7.36. The maximum atomic E-state index is 13.1. The van der Waals surface area contributed by atoms with Crippen LogP contribution in [-0.2, 0) is 38.1 Å². The van der Waals surface area contributed by atoms with Crippen LogP contribution in [0.1, 0.15) is 56.8 Å². The zero-order chi connectivity index (χ0) is 28.1. The van der Waals surface area contributed by atoms with Crippen molar-refractivity contribution in [2.75, 3.05) is 28.4 Å². The largest absolute Gasteiger partial charge is 0.478 e. The van der Waals surface area contributed by atoms with Crippen LogP contribution in [0.5, 0.6) is 0 Å². The molecule has 0 aliphatic carbocycles. The molecule has 2 unspecified atom stereocenters. The van der Waals surface area contributed by atoms with Gasteiger partial charge in [-0.3, -0.25) is 19.2 Å². The first-order chi connectivity index (χ1) is 17.5. The summed E-state index contributed by atoms with van der Waals surface area (Å²) in [4.78, 5) is 85.3. The van der Waals surface area contributed by atoms with Gasteiger partial charge in [-0.2, -0.15) is 0 Å². The van der Waals surface area contributed by atoms with Gasteiger partial charge in [0.1, 0.15) is 12.1 Å². The normalized spacial score (nSPS) is 11.8. The summed E-state index contributed by atoms with van der Waals surface area (Å²) in [6, 6.07) is 0.685. The lowest BCUT2D eigenvalue weighted by molar-refractivity contribution is -0.146. The average molecular weight is 524 g/mol. The summed E-state index contributed by atoms with van der Waals surface area (Å²) in [6.45, 7) is 0. The number of carbonyl (C=O) groups excluding carboxylic acids is 6. The maximum absolute atomic E-state index is 13.1. The van der Waals surface area contributed by atoms with Crippen LogP contribution in [0.25, 0.3) is 0 Å². The van der Waals surface area contributed by atoms with Crippen LogP contribution < -0.4 is 10.6 Å². The minimum Gasteiger partial charge on any atom is -0.478 e. The van der Waals surface area contributed by atoms with Gasteiger partial charge in [-0.25, -0.2) is 14.4 Å².